The number of thioether (sulfide) groups is 1. The molecule has 6 heteroatoms. The average molecular weight is 357 g/mol. The van der Waals surface area contributed by atoms with Crippen LogP contribution < -0.4 is 5.56 Å². The second-order valence-corrected chi connectivity index (χ2v) is 7.89. The minimum Gasteiger partial charge on any atom is -0.342 e. The van der Waals surface area contributed by atoms with Crippen LogP contribution in [0.15, 0.2) is 40.2 Å². The Labute approximate surface area is 151 Å². The van der Waals surface area contributed by atoms with Crippen molar-refractivity contribution in [3.63, 3.8) is 0 Å². The number of likely N-dealkylation sites (tertiary alicyclic amines) is 1. The second kappa shape index (κ2) is 7.87. The topological polar surface area (TPSA) is 66.1 Å². The molecule has 1 amide bonds. The first kappa shape index (κ1) is 17.7. The van der Waals surface area contributed by atoms with E-state index in [9.17, 15) is 9.59 Å². The molecule has 2 aromatic rings. The fourth-order valence-electron chi connectivity index (χ4n) is 3.02. The zero-order chi connectivity index (χ0) is 17.8. The number of carbonyl (C=O) groups excluding carboxylic acids is 1. The van der Waals surface area contributed by atoms with E-state index < -0.39 is 0 Å². The van der Waals surface area contributed by atoms with Gasteiger partial charge in [-0.3, -0.25) is 9.59 Å². The molecule has 1 saturated heterocycles. The van der Waals surface area contributed by atoms with Crippen molar-refractivity contribution in [3.8, 4) is 0 Å². The van der Waals surface area contributed by atoms with Crippen LogP contribution in [0.1, 0.15) is 29.8 Å². The molecule has 132 valence electrons. The monoisotopic (exact) mass is 357 g/mol. The minimum atomic E-state index is -0.217. The Balaban J connectivity index is 1.53. The molecule has 1 aromatic carbocycles. The van der Waals surface area contributed by atoms with Crippen LogP contribution in [-0.2, 0) is 11.2 Å². The molecule has 0 aliphatic carbocycles. The molecule has 1 aliphatic rings. The Bertz CT molecular complexity index is 810. The highest BCUT2D eigenvalue weighted by molar-refractivity contribution is 8.00. The van der Waals surface area contributed by atoms with E-state index >= 15 is 0 Å². The van der Waals surface area contributed by atoms with Crippen molar-refractivity contribution < 1.29 is 4.79 Å². The predicted octanol–water partition coefficient (Wildman–Crippen LogP) is 2.71. The summed E-state index contributed by atoms with van der Waals surface area (Å²) < 4.78 is 0. The van der Waals surface area contributed by atoms with Gasteiger partial charge in [0.05, 0.1) is 6.42 Å². The third kappa shape index (κ3) is 4.72. The molecule has 25 heavy (non-hydrogen) atoms. The lowest BCUT2D eigenvalue weighted by Crippen LogP contribution is -2.40. The highest BCUT2D eigenvalue weighted by Crippen LogP contribution is 2.30. The maximum Gasteiger partial charge on any atom is 0.254 e. The standard InChI is InChI=1S/C19H23N3O2S/c1-13-4-3-5-17(10-13)25-16-6-8-22(9-7-16)18(23)11-15-12-20-14(2)21-19(15)24/h3-5,10,12,16H,6-9,11H2,1-2H3,(H,20,21,24). The highest BCUT2D eigenvalue weighted by Gasteiger charge is 2.24. The summed E-state index contributed by atoms with van der Waals surface area (Å²) in [6, 6.07) is 8.54. The van der Waals surface area contributed by atoms with E-state index in [1.54, 1.807) is 6.92 Å². The van der Waals surface area contributed by atoms with Gasteiger partial charge in [0.25, 0.3) is 5.56 Å². The SMILES string of the molecule is Cc1cccc(SC2CCN(C(=O)Cc3cnc(C)[nH]c3=O)CC2)c1. The highest BCUT2D eigenvalue weighted by atomic mass is 32.2. The van der Waals surface area contributed by atoms with Crippen molar-refractivity contribution in [1.29, 1.82) is 0 Å². The van der Waals surface area contributed by atoms with Gasteiger partial charge in [-0.15, -0.1) is 11.8 Å². The number of aryl methyl sites for hydroxylation is 2. The number of aromatic nitrogens is 2. The molecule has 0 unspecified atom stereocenters. The van der Waals surface area contributed by atoms with Crippen LogP contribution in [0.2, 0.25) is 0 Å². The van der Waals surface area contributed by atoms with Crippen LogP contribution in [0, 0.1) is 13.8 Å². The normalized spacial score (nSPS) is 15.4. The lowest BCUT2D eigenvalue weighted by atomic mass is 10.1. The second-order valence-electron chi connectivity index (χ2n) is 6.51. The number of aromatic amines is 1. The molecule has 3 rings (SSSR count). The number of H-pyrrole nitrogens is 1. The van der Waals surface area contributed by atoms with Crippen LogP contribution in [0.4, 0.5) is 0 Å². The predicted molar refractivity (Wildman–Crippen MR) is 99.9 cm³/mol. The van der Waals surface area contributed by atoms with E-state index in [2.05, 4.69) is 41.2 Å². The fourth-order valence-corrected chi connectivity index (χ4v) is 4.26. The van der Waals surface area contributed by atoms with E-state index in [0.29, 0.717) is 16.6 Å². The van der Waals surface area contributed by atoms with Gasteiger partial charge in [-0.1, -0.05) is 17.7 Å². The largest absolute Gasteiger partial charge is 0.342 e. The number of hydrogen-bond acceptors (Lipinski definition) is 4. The molecule has 0 atom stereocenters. The van der Waals surface area contributed by atoms with Crippen molar-refractivity contribution in [2.24, 2.45) is 0 Å². The Hall–Kier alpha value is -2.08. The first-order valence-electron chi connectivity index (χ1n) is 8.57. The molecule has 2 heterocycles. The summed E-state index contributed by atoms with van der Waals surface area (Å²) in [5.41, 5.74) is 1.49. The Morgan fingerprint density at radius 1 is 1.32 bits per heavy atom. The first-order valence-corrected chi connectivity index (χ1v) is 9.45. The van der Waals surface area contributed by atoms with Gasteiger partial charge >= 0.3 is 0 Å². The van der Waals surface area contributed by atoms with Gasteiger partial charge in [0.1, 0.15) is 5.82 Å². The molecule has 1 N–H and O–H groups in total. The van der Waals surface area contributed by atoms with Crippen LogP contribution in [-0.4, -0.2) is 39.1 Å². The van der Waals surface area contributed by atoms with Gasteiger partial charge in [0.15, 0.2) is 0 Å². The van der Waals surface area contributed by atoms with Crippen LogP contribution in [0.3, 0.4) is 0 Å². The molecule has 0 bridgehead atoms. The van der Waals surface area contributed by atoms with Gasteiger partial charge in [0, 0.05) is 35.0 Å². The molecular formula is C19H23N3O2S. The van der Waals surface area contributed by atoms with Gasteiger partial charge < -0.3 is 9.88 Å². The molecule has 1 fully saturated rings. The van der Waals surface area contributed by atoms with Crippen molar-refractivity contribution in [2.45, 2.75) is 43.3 Å². The fraction of sp³-hybridized carbons (Fsp3) is 0.421. The quantitative estimate of drug-likeness (QED) is 0.914. The maximum atomic E-state index is 12.5. The average Bonchev–Trinajstić information content (AvgIpc) is 2.58. The minimum absolute atomic E-state index is 0.00941. The number of benzene rings is 1. The molecule has 5 nitrogen and oxygen atoms in total. The van der Waals surface area contributed by atoms with E-state index in [-0.39, 0.29) is 17.9 Å². The van der Waals surface area contributed by atoms with Crippen molar-refractivity contribution in [1.82, 2.24) is 14.9 Å². The zero-order valence-corrected chi connectivity index (χ0v) is 15.4. The summed E-state index contributed by atoms with van der Waals surface area (Å²) >= 11 is 1.90. The summed E-state index contributed by atoms with van der Waals surface area (Å²) in [4.78, 5) is 34.2. The van der Waals surface area contributed by atoms with E-state index in [1.165, 1.54) is 16.7 Å². The Kier molecular flexibility index (Phi) is 5.58. The van der Waals surface area contributed by atoms with Crippen LogP contribution >= 0.6 is 11.8 Å². The van der Waals surface area contributed by atoms with Crippen molar-refractivity contribution in [2.75, 3.05) is 13.1 Å². The third-order valence-electron chi connectivity index (χ3n) is 4.43. The van der Waals surface area contributed by atoms with Crippen molar-refractivity contribution in [3.05, 3.63) is 57.8 Å². The molecule has 0 spiro atoms. The van der Waals surface area contributed by atoms with Crippen LogP contribution in [0.5, 0.6) is 0 Å². The Morgan fingerprint density at radius 2 is 2.08 bits per heavy atom. The van der Waals surface area contributed by atoms with Crippen LogP contribution in [0.25, 0.3) is 0 Å². The summed E-state index contributed by atoms with van der Waals surface area (Å²) in [7, 11) is 0. The molecule has 0 radical (unpaired) electrons. The number of carbonyl (C=O) groups is 1. The number of rotatable bonds is 4. The molecular weight excluding hydrogens is 334 g/mol. The maximum absolute atomic E-state index is 12.5. The molecule has 1 aliphatic heterocycles. The molecule has 1 aromatic heterocycles. The number of hydrogen-bond donors (Lipinski definition) is 1. The summed E-state index contributed by atoms with van der Waals surface area (Å²) in [6.45, 7) is 5.33. The van der Waals surface area contributed by atoms with Gasteiger partial charge in [-0.05, 0) is 38.8 Å². The number of nitrogens with zero attached hydrogens (tertiary/aromatic N) is 2. The van der Waals surface area contributed by atoms with Crippen molar-refractivity contribution >= 4 is 17.7 Å². The van der Waals surface area contributed by atoms with E-state index in [0.717, 1.165) is 25.9 Å². The van der Waals surface area contributed by atoms with Gasteiger partial charge in [-0.2, -0.15) is 0 Å². The number of nitrogens with one attached hydrogen (secondary N) is 1. The zero-order valence-electron chi connectivity index (χ0n) is 14.6. The lowest BCUT2D eigenvalue weighted by Gasteiger charge is -2.31. The van der Waals surface area contributed by atoms with Gasteiger partial charge in [-0.25, -0.2) is 4.98 Å². The molecule has 0 saturated carbocycles. The smallest absolute Gasteiger partial charge is 0.254 e. The number of amides is 1. The van der Waals surface area contributed by atoms with Gasteiger partial charge in [0.2, 0.25) is 5.91 Å². The number of piperidine rings is 1. The third-order valence-corrected chi connectivity index (χ3v) is 5.76. The summed E-state index contributed by atoms with van der Waals surface area (Å²) in [5.74, 6) is 0.574. The van der Waals surface area contributed by atoms with E-state index in [1.807, 2.05) is 16.7 Å². The Morgan fingerprint density at radius 3 is 2.76 bits per heavy atom. The summed E-state index contributed by atoms with van der Waals surface area (Å²) in [5, 5.41) is 0.537. The summed E-state index contributed by atoms with van der Waals surface area (Å²) in [6.07, 6.45) is 3.59. The van der Waals surface area contributed by atoms with E-state index in [4.69, 9.17) is 0 Å². The lowest BCUT2D eigenvalue weighted by molar-refractivity contribution is -0.131. The first-order chi connectivity index (χ1) is 12.0.